The number of carbonyl (C=O) groups is 2. The molecule has 2 rings (SSSR count). The van der Waals surface area contributed by atoms with Crippen LogP contribution in [0.15, 0.2) is 24.5 Å². The molecular formula is C15H23N3O2. The third kappa shape index (κ3) is 3.85. The number of likely N-dealkylation sites (tertiary alicyclic amines) is 1. The second kappa shape index (κ2) is 7.12. The van der Waals surface area contributed by atoms with Gasteiger partial charge in [-0.1, -0.05) is 6.92 Å². The minimum absolute atomic E-state index is 0.0519. The Balaban J connectivity index is 1.75. The second-order valence-corrected chi connectivity index (χ2v) is 5.24. The molecule has 5 heteroatoms. The van der Waals surface area contributed by atoms with Crippen LogP contribution in [0.4, 0.5) is 0 Å². The number of amides is 2. The van der Waals surface area contributed by atoms with Crippen LogP contribution in [0.5, 0.6) is 0 Å². The van der Waals surface area contributed by atoms with Gasteiger partial charge in [-0.2, -0.15) is 0 Å². The lowest BCUT2D eigenvalue weighted by Crippen LogP contribution is -2.45. The number of hydrogen-bond acceptors (Lipinski definition) is 2. The smallest absolute Gasteiger partial charge is 0.224 e. The summed E-state index contributed by atoms with van der Waals surface area (Å²) in [6.45, 7) is 4.64. The van der Waals surface area contributed by atoms with Gasteiger partial charge in [-0.05, 0) is 25.0 Å². The van der Waals surface area contributed by atoms with E-state index in [-0.39, 0.29) is 17.7 Å². The average molecular weight is 277 g/mol. The van der Waals surface area contributed by atoms with Gasteiger partial charge in [0.15, 0.2) is 0 Å². The Hall–Kier alpha value is -1.78. The number of carbonyl (C=O) groups excluding carboxylic acids is 2. The Kier molecular flexibility index (Phi) is 5.21. The van der Waals surface area contributed by atoms with Crippen LogP contribution in [-0.2, 0) is 16.1 Å². The van der Waals surface area contributed by atoms with E-state index in [4.69, 9.17) is 0 Å². The first-order chi connectivity index (χ1) is 9.70. The van der Waals surface area contributed by atoms with Gasteiger partial charge in [0.1, 0.15) is 0 Å². The summed E-state index contributed by atoms with van der Waals surface area (Å²) in [5.74, 6) is 0.171. The zero-order valence-corrected chi connectivity index (χ0v) is 12.0. The van der Waals surface area contributed by atoms with Gasteiger partial charge in [-0.15, -0.1) is 0 Å². The number of hydrogen-bond donors (Lipinski definition) is 1. The van der Waals surface area contributed by atoms with Crippen molar-refractivity contribution in [2.45, 2.75) is 32.7 Å². The fraction of sp³-hybridized carbons (Fsp3) is 0.600. The minimum Gasteiger partial charge on any atom is -0.354 e. The van der Waals surface area contributed by atoms with E-state index in [1.165, 1.54) is 0 Å². The van der Waals surface area contributed by atoms with Crippen LogP contribution in [0.2, 0.25) is 0 Å². The van der Waals surface area contributed by atoms with Crippen LogP contribution in [0.1, 0.15) is 26.2 Å². The van der Waals surface area contributed by atoms with Crippen molar-refractivity contribution >= 4 is 11.8 Å². The standard InChI is InChI=1S/C15H23N3O2/c1-2-14(19)18-10-5-6-13(12-18)15(20)16-7-11-17-8-3-4-9-17/h3-4,8-9,13H,2,5-7,10-12H2,1H3,(H,16,20)/t13-/m0/s1. The summed E-state index contributed by atoms with van der Waals surface area (Å²) in [6, 6.07) is 3.94. The molecule has 0 spiro atoms. The monoisotopic (exact) mass is 277 g/mol. The van der Waals surface area contributed by atoms with Gasteiger partial charge in [0.05, 0.1) is 5.92 Å². The highest BCUT2D eigenvalue weighted by atomic mass is 16.2. The number of nitrogens with one attached hydrogen (secondary N) is 1. The highest BCUT2D eigenvalue weighted by Gasteiger charge is 2.27. The highest BCUT2D eigenvalue weighted by Crippen LogP contribution is 2.17. The normalized spacial score (nSPS) is 18.9. The zero-order valence-electron chi connectivity index (χ0n) is 12.0. The Morgan fingerprint density at radius 3 is 2.75 bits per heavy atom. The predicted octanol–water partition coefficient (Wildman–Crippen LogP) is 1.25. The molecule has 0 saturated carbocycles. The van der Waals surface area contributed by atoms with E-state index in [1.807, 2.05) is 40.9 Å². The minimum atomic E-state index is -0.0519. The van der Waals surface area contributed by atoms with E-state index in [0.29, 0.717) is 19.5 Å². The molecule has 0 bridgehead atoms. The SMILES string of the molecule is CCC(=O)N1CCC[C@H](C(=O)NCCn2cccc2)C1. The number of piperidine rings is 1. The molecule has 20 heavy (non-hydrogen) atoms. The van der Waals surface area contributed by atoms with Crippen LogP contribution in [-0.4, -0.2) is 40.9 Å². The van der Waals surface area contributed by atoms with Gasteiger partial charge < -0.3 is 14.8 Å². The Bertz CT molecular complexity index is 442. The molecule has 1 aromatic rings. The summed E-state index contributed by atoms with van der Waals surface area (Å²) in [4.78, 5) is 25.6. The van der Waals surface area contributed by atoms with Crippen LogP contribution < -0.4 is 5.32 Å². The molecule has 2 amide bonds. The number of rotatable bonds is 5. The lowest BCUT2D eigenvalue weighted by Gasteiger charge is -2.31. The van der Waals surface area contributed by atoms with Gasteiger partial charge in [-0.3, -0.25) is 9.59 Å². The lowest BCUT2D eigenvalue weighted by molar-refractivity contribution is -0.135. The third-order valence-electron chi connectivity index (χ3n) is 3.78. The maximum absolute atomic E-state index is 12.1. The number of nitrogens with zero attached hydrogens (tertiary/aromatic N) is 2. The molecule has 1 aliphatic heterocycles. The van der Waals surface area contributed by atoms with Gasteiger partial charge >= 0.3 is 0 Å². The summed E-state index contributed by atoms with van der Waals surface area (Å²) in [6.07, 6.45) is 6.27. The summed E-state index contributed by atoms with van der Waals surface area (Å²) in [5, 5.41) is 2.97. The van der Waals surface area contributed by atoms with Crippen molar-refractivity contribution in [1.29, 1.82) is 0 Å². The molecular weight excluding hydrogens is 254 g/mol. The van der Waals surface area contributed by atoms with Crippen LogP contribution >= 0.6 is 0 Å². The first-order valence-electron chi connectivity index (χ1n) is 7.37. The maximum atomic E-state index is 12.1. The first-order valence-corrected chi connectivity index (χ1v) is 7.37. The van der Waals surface area contributed by atoms with Crippen molar-refractivity contribution in [2.75, 3.05) is 19.6 Å². The van der Waals surface area contributed by atoms with E-state index >= 15 is 0 Å². The molecule has 0 radical (unpaired) electrons. The topological polar surface area (TPSA) is 54.3 Å². The summed E-state index contributed by atoms with van der Waals surface area (Å²) in [7, 11) is 0. The quantitative estimate of drug-likeness (QED) is 0.880. The van der Waals surface area contributed by atoms with Gasteiger partial charge in [0, 0.05) is 45.0 Å². The summed E-state index contributed by atoms with van der Waals surface area (Å²) in [5.41, 5.74) is 0. The van der Waals surface area contributed by atoms with Crippen molar-refractivity contribution in [3.63, 3.8) is 0 Å². The van der Waals surface area contributed by atoms with Crippen LogP contribution in [0, 0.1) is 5.92 Å². The molecule has 0 unspecified atom stereocenters. The molecule has 1 saturated heterocycles. The molecule has 2 heterocycles. The molecule has 0 aromatic carbocycles. The lowest BCUT2D eigenvalue weighted by atomic mass is 9.97. The summed E-state index contributed by atoms with van der Waals surface area (Å²) < 4.78 is 2.04. The van der Waals surface area contributed by atoms with E-state index in [0.717, 1.165) is 25.9 Å². The van der Waals surface area contributed by atoms with E-state index < -0.39 is 0 Å². The molecule has 1 aliphatic rings. The molecule has 5 nitrogen and oxygen atoms in total. The second-order valence-electron chi connectivity index (χ2n) is 5.24. The fourth-order valence-electron chi connectivity index (χ4n) is 2.61. The summed E-state index contributed by atoms with van der Waals surface area (Å²) >= 11 is 0. The molecule has 1 atom stereocenters. The van der Waals surface area contributed by atoms with Crippen molar-refractivity contribution in [2.24, 2.45) is 5.92 Å². The van der Waals surface area contributed by atoms with Crippen LogP contribution in [0.3, 0.4) is 0 Å². The highest BCUT2D eigenvalue weighted by molar-refractivity contribution is 5.81. The molecule has 0 aliphatic carbocycles. The average Bonchev–Trinajstić information content (AvgIpc) is 2.99. The Labute approximate surface area is 119 Å². The zero-order chi connectivity index (χ0) is 14.4. The van der Waals surface area contributed by atoms with Crippen molar-refractivity contribution in [1.82, 2.24) is 14.8 Å². The van der Waals surface area contributed by atoms with Gasteiger partial charge in [0.2, 0.25) is 11.8 Å². The van der Waals surface area contributed by atoms with Crippen LogP contribution in [0.25, 0.3) is 0 Å². The Morgan fingerprint density at radius 1 is 1.30 bits per heavy atom. The van der Waals surface area contributed by atoms with Crippen molar-refractivity contribution < 1.29 is 9.59 Å². The third-order valence-corrected chi connectivity index (χ3v) is 3.78. The largest absolute Gasteiger partial charge is 0.354 e. The molecule has 1 N–H and O–H groups in total. The Morgan fingerprint density at radius 2 is 2.05 bits per heavy atom. The first kappa shape index (κ1) is 14.6. The molecule has 1 fully saturated rings. The van der Waals surface area contributed by atoms with E-state index in [9.17, 15) is 9.59 Å². The van der Waals surface area contributed by atoms with Crippen molar-refractivity contribution in [3.8, 4) is 0 Å². The predicted molar refractivity (Wildman–Crippen MR) is 77.0 cm³/mol. The van der Waals surface area contributed by atoms with Gasteiger partial charge in [-0.25, -0.2) is 0 Å². The van der Waals surface area contributed by atoms with Crippen molar-refractivity contribution in [3.05, 3.63) is 24.5 Å². The number of aromatic nitrogens is 1. The van der Waals surface area contributed by atoms with E-state index in [1.54, 1.807) is 0 Å². The molecule has 110 valence electrons. The van der Waals surface area contributed by atoms with Gasteiger partial charge in [0.25, 0.3) is 0 Å². The van der Waals surface area contributed by atoms with E-state index in [2.05, 4.69) is 5.32 Å². The maximum Gasteiger partial charge on any atom is 0.224 e. The molecule has 1 aromatic heterocycles. The fourth-order valence-corrected chi connectivity index (χ4v) is 2.61.